The van der Waals surface area contributed by atoms with E-state index < -0.39 is 17.8 Å². The molecule has 2 amide bonds. The molecule has 0 saturated heterocycles. The van der Waals surface area contributed by atoms with Gasteiger partial charge < -0.3 is 9.82 Å². The lowest BCUT2D eigenvalue weighted by Crippen LogP contribution is -2.33. The third-order valence-electron chi connectivity index (χ3n) is 3.54. The van der Waals surface area contributed by atoms with Crippen LogP contribution >= 0.6 is 0 Å². The summed E-state index contributed by atoms with van der Waals surface area (Å²) in [7, 11) is 0. The molecule has 1 aromatic heterocycles. The van der Waals surface area contributed by atoms with Crippen molar-refractivity contribution < 1.29 is 19.2 Å². The molecule has 0 unspecified atom stereocenters. The van der Waals surface area contributed by atoms with Gasteiger partial charge in [0.1, 0.15) is 0 Å². The van der Waals surface area contributed by atoms with Crippen molar-refractivity contribution in [2.75, 3.05) is 0 Å². The summed E-state index contributed by atoms with van der Waals surface area (Å²) in [6.07, 6.45) is -0.0103. The first-order valence-corrected chi connectivity index (χ1v) is 6.81. The molecular formula is C16H14N2O4. The van der Waals surface area contributed by atoms with Crippen LogP contribution in [-0.4, -0.2) is 27.8 Å². The molecule has 2 aromatic rings. The fourth-order valence-electron chi connectivity index (χ4n) is 2.50. The fourth-order valence-corrected chi connectivity index (χ4v) is 2.50. The molecular weight excluding hydrogens is 284 g/mol. The smallest absolute Gasteiger partial charge is 0.337 e. The van der Waals surface area contributed by atoms with Crippen molar-refractivity contribution in [3.8, 4) is 0 Å². The Hall–Kier alpha value is -2.89. The van der Waals surface area contributed by atoms with Gasteiger partial charge in [-0.3, -0.25) is 9.59 Å². The Morgan fingerprint density at radius 1 is 1.14 bits per heavy atom. The maximum atomic E-state index is 12.1. The Labute approximate surface area is 126 Å². The number of aromatic nitrogens is 1. The average Bonchev–Trinajstić information content (AvgIpc) is 2.91. The standard InChI is InChI=1S/C16H14N2O4/c1-9-7-11(10(2)17-9)8-14(19)22-18-15(20)12-5-3-4-6-13(12)16(18)21/h3-7,17H,8H2,1-2H3. The number of hydrogen-bond donors (Lipinski definition) is 1. The van der Waals surface area contributed by atoms with Crippen LogP contribution in [0, 0.1) is 13.8 Å². The quantitative estimate of drug-likeness (QED) is 0.878. The number of aromatic amines is 1. The Bertz CT molecular complexity index is 756. The van der Waals surface area contributed by atoms with Crippen LogP contribution in [0.1, 0.15) is 37.7 Å². The highest BCUT2D eigenvalue weighted by atomic mass is 16.7. The summed E-state index contributed by atoms with van der Waals surface area (Å²) in [6.45, 7) is 3.73. The van der Waals surface area contributed by atoms with Crippen LogP contribution in [0.3, 0.4) is 0 Å². The number of imide groups is 1. The SMILES string of the molecule is Cc1cc(CC(=O)ON2C(=O)c3ccccc3C2=O)c(C)[nH]1. The molecule has 0 saturated carbocycles. The highest BCUT2D eigenvalue weighted by molar-refractivity contribution is 6.20. The van der Waals surface area contributed by atoms with Crippen molar-refractivity contribution in [2.24, 2.45) is 0 Å². The lowest BCUT2D eigenvalue weighted by atomic mass is 10.1. The van der Waals surface area contributed by atoms with E-state index >= 15 is 0 Å². The van der Waals surface area contributed by atoms with Crippen molar-refractivity contribution in [3.05, 3.63) is 58.4 Å². The molecule has 1 N–H and O–H groups in total. The predicted octanol–water partition coefficient (Wildman–Crippen LogP) is 1.93. The highest BCUT2D eigenvalue weighted by Gasteiger charge is 2.38. The van der Waals surface area contributed by atoms with Crippen molar-refractivity contribution in [3.63, 3.8) is 0 Å². The number of fused-ring (bicyclic) bond motifs is 1. The number of hydroxylamine groups is 2. The Kier molecular flexibility index (Phi) is 3.29. The zero-order chi connectivity index (χ0) is 15.9. The minimum Gasteiger partial charge on any atom is -0.362 e. The van der Waals surface area contributed by atoms with E-state index in [2.05, 4.69) is 4.98 Å². The highest BCUT2D eigenvalue weighted by Crippen LogP contribution is 2.23. The van der Waals surface area contributed by atoms with Gasteiger partial charge in [0.25, 0.3) is 11.8 Å². The van der Waals surface area contributed by atoms with E-state index in [9.17, 15) is 14.4 Å². The second kappa shape index (κ2) is 5.14. The zero-order valence-corrected chi connectivity index (χ0v) is 12.2. The largest absolute Gasteiger partial charge is 0.362 e. The molecule has 1 aromatic carbocycles. The van der Waals surface area contributed by atoms with E-state index in [4.69, 9.17) is 4.84 Å². The molecule has 0 bridgehead atoms. The van der Waals surface area contributed by atoms with Crippen LogP contribution in [0.5, 0.6) is 0 Å². The number of nitrogens with zero attached hydrogens (tertiary/aromatic N) is 1. The van der Waals surface area contributed by atoms with E-state index in [-0.39, 0.29) is 17.5 Å². The third-order valence-corrected chi connectivity index (χ3v) is 3.54. The second-order valence-electron chi connectivity index (χ2n) is 5.19. The van der Waals surface area contributed by atoms with Crippen molar-refractivity contribution in [1.29, 1.82) is 0 Å². The number of amides is 2. The summed E-state index contributed by atoms with van der Waals surface area (Å²) in [4.78, 5) is 44.2. The van der Waals surface area contributed by atoms with E-state index in [1.807, 2.05) is 19.9 Å². The Morgan fingerprint density at radius 2 is 1.73 bits per heavy atom. The Morgan fingerprint density at radius 3 is 2.23 bits per heavy atom. The number of rotatable bonds is 3. The summed E-state index contributed by atoms with van der Waals surface area (Å²) >= 11 is 0. The van der Waals surface area contributed by atoms with Gasteiger partial charge in [-0.15, -0.1) is 0 Å². The molecule has 2 heterocycles. The maximum Gasteiger partial charge on any atom is 0.337 e. The van der Waals surface area contributed by atoms with Gasteiger partial charge in [-0.05, 0) is 37.6 Å². The predicted molar refractivity (Wildman–Crippen MR) is 77.0 cm³/mol. The first-order chi connectivity index (χ1) is 10.5. The minimum absolute atomic E-state index is 0.0103. The van der Waals surface area contributed by atoms with E-state index in [0.29, 0.717) is 5.06 Å². The van der Waals surface area contributed by atoms with Crippen molar-refractivity contribution in [1.82, 2.24) is 10.0 Å². The molecule has 22 heavy (non-hydrogen) atoms. The summed E-state index contributed by atoms with van der Waals surface area (Å²) < 4.78 is 0. The zero-order valence-electron chi connectivity index (χ0n) is 12.2. The molecule has 0 aliphatic carbocycles. The molecule has 6 nitrogen and oxygen atoms in total. The van der Waals surface area contributed by atoms with Gasteiger partial charge in [-0.1, -0.05) is 17.2 Å². The first kappa shape index (κ1) is 14.1. The summed E-state index contributed by atoms with van der Waals surface area (Å²) in [5.74, 6) is -1.89. The molecule has 3 rings (SSSR count). The number of H-pyrrole nitrogens is 1. The van der Waals surface area contributed by atoms with E-state index in [1.54, 1.807) is 12.1 Å². The number of carbonyl (C=O) groups is 3. The number of carbonyl (C=O) groups excluding carboxylic acids is 3. The van der Waals surface area contributed by atoms with Crippen LogP contribution in [0.25, 0.3) is 0 Å². The lowest BCUT2D eigenvalue weighted by molar-refractivity contribution is -0.167. The number of hydrogen-bond acceptors (Lipinski definition) is 4. The van der Waals surface area contributed by atoms with E-state index in [1.165, 1.54) is 12.1 Å². The van der Waals surface area contributed by atoms with Crippen LogP contribution in [0.4, 0.5) is 0 Å². The molecule has 0 spiro atoms. The fraction of sp³-hybridized carbons (Fsp3) is 0.188. The molecule has 0 atom stereocenters. The Balaban J connectivity index is 1.74. The lowest BCUT2D eigenvalue weighted by Gasteiger charge is -2.12. The molecule has 1 aliphatic rings. The monoisotopic (exact) mass is 298 g/mol. The molecule has 1 aliphatic heterocycles. The number of aryl methyl sites for hydroxylation is 2. The molecule has 0 fully saturated rings. The molecule has 0 radical (unpaired) electrons. The van der Waals surface area contributed by atoms with Gasteiger partial charge in [0.2, 0.25) is 0 Å². The summed E-state index contributed by atoms with van der Waals surface area (Å²) in [5, 5.41) is 0.530. The summed E-state index contributed by atoms with van der Waals surface area (Å²) in [6, 6.07) is 8.20. The second-order valence-corrected chi connectivity index (χ2v) is 5.19. The number of nitrogens with one attached hydrogen (secondary N) is 1. The average molecular weight is 298 g/mol. The van der Waals surface area contributed by atoms with Gasteiger partial charge in [0.15, 0.2) is 0 Å². The van der Waals surface area contributed by atoms with Crippen LogP contribution < -0.4 is 0 Å². The van der Waals surface area contributed by atoms with Gasteiger partial charge in [-0.2, -0.15) is 0 Å². The maximum absolute atomic E-state index is 12.1. The van der Waals surface area contributed by atoms with Crippen molar-refractivity contribution >= 4 is 17.8 Å². The summed E-state index contributed by atoms with van der Waals surface area (Å²) in [5.41, 5.74) is 3.06. The van der Waals surface area contributed by atoms with Crippen molar-refractivity contribution in [2.45, 2.75) is 20.3 Å². The third kappa shape index (κ3) is 2.28. The molecule has 112 valence electrons. The van der Waals surface area contributed by atoms with Gasteiger partial charge in [0.05, 0.1) is 17.5 Å². The van der Waals surface area contributed by atoms with Crippen LogP contribution in [-0.2, 0) is 16.1 Å². The van der Waals surface area contributed by atoms with E-state index in [0.717, 1.165) is 17.0 Å². The van der Waals surface area contributed by atoms with Gasteiger partial charge >= 0.3 is 5.97 Å². The van der Waals surface area contributed by atoms with Crippen LogP contribution in [0.15, 0.2) is 30.3 Å². The van der Waals surface area contributed by atoms with Gasteiger partial charge in [0, 0.05) is 11.4 Å². The van der Waals surface area contributed by atoms with Gasteiger partial charge in [-0.25, -0.2) is 4.79 Å². The van der Waals surface area contributed by atoms with Crippen LogP contribution in [0.2, 0.25) is 0 Å². The normalized spacial score (nSPS) is 13.5. The molecule has 6 heteroatoms. The minimum atomic E-state index is -0.656. The number of benzene rings is 1. The first-order valence-electron chi connectivity index (χ1n) is 6.81. The topological polar surface area (TPSA) is 79.5 Å².